The first-order valence-corrected chi connectivity index (χ1v) is 26.0. The summed E-state index contributed by atoms with van der Waals surface area (Å²) >= 11 is 0. The fourth-order valence-corrected chi connectivity index (χ4v) is 10.2. The van der Waals surface area contributed by atoms with Crippen molar-refractivity contribution in [3.63, 3.8) is 0 Å². The molecule has 2 heterocycles. The molecule has 0 bridgehead atoms. The number of unbranched alkanes of at least 4 members (excludes halogenated alkanes) is 2. The van der Waals surface area contributed by atoms with Gasteiger partial charge in [0.2, 0.25) is 5.69 Å². The molecule has 1 aliphatic carbocycles. The van der Waals surface area contributed by atoms with Crippen molar-refractivity contribution in [1.82, 2.24) is 0 Å². The maximum atomic E-state index is 6.03. The predicted octanol–water partition coefficient (Wildman–Crippen LogP) is 15.1. The number of rotatable bonds is 22. The van der Waals surface area contributed by atoms with Gasteiger partial charge in [-0.1, -0.05) is 83.0 Å². The Morgan fingerprint density at radius 2 is 1.25 bits per heavy atom. The van der Waals surface area contributed by atoms with Crippen LogP contribution in [0.2, 0.25) is 0 Å². The minimum Gasteiger partial charge on any atom is -0.494 e. The molecule has 0 spiro atoms. The third kappa shape index (κ3) is 12.0. The molecule has 0 radical (unpaired) electrons. The number of para-hydroxylation sites is 1. The van der Waals surface area contributed by atoms with E-state index in [1.807, 2.05) is 12.1 Å². The number of benzene rings is 5. The lowest BCUT2D eigenvalue weighted by Crippen LogP contribution is -2.30. The van der Waals surface area contributed by atoms with E-state index in [2.05, 4.69) is 183 Å². The van der Waals surface area contributed by atoms with E-state index in [4.69, 9.17) is 23.9 Å². The van der Waals surface area contributed by atoms with Crippen molar-refractivity contribution in [3.05, 3.63) is 161 Å². The van der Waals surface area contributed by atoms with E-state index in [-0.39, 0.29) is 10.8 Å². The topological polar surface area (TPSA) is 79.6 Å². The molecule has 2 aliphatic heterocycles. The van der Waals surface area contributed by atoms with Gasteiger partial charge in [0.25, 0.3) is 0 Å². The number of nitrogens with one attached hydrogen (secondary N) is 2. The molecule has 8 rings (SSSR count). The van der Waals surface area contributed by atoms with Crippen LogP contribution in [0, 0.1) is 0 Å². The summed E-state index contributed by atoms with van der Waals surface area (Å²) in [6.07, 6.45) is 15.2. The number of methoxy groups -OCH3 is 2. The number of allylic oxidation sites excluding steroid dienone is 6. The van der Waals surface area contributed by atoms with Crippen molar-refractivity contribution in [2.45, 2.75) is 104 Å². The van der Waals surface area contributed by atoms with Crippen LogP contribution in [0.1, 0.15) is 104 Å². The Labute approximate surface area is 424 Å². The molecule has 3 aliphatic rings. The second kappa shape index (κ2) is 23.7. The summed E-state index contributed by atoms with van der Waals surface area (Å²) in [6.45, 7) is 18.0. The van der Waals surface area contributed by atoms with Gasteiger partial charge in [0.05, 0.1) is 36.6 Å². The van der Waals surface area contributed by atoms with Crippen molar-refractivity contribution in [2.75, 3.05) is 69.3 Å². The van der Waals surface area contributed by atoms with Gasteiger partial charge >= 0.3 is 0 Å². The Hall–Kier alpha value is -6.42. The third-order valence-electron chi connectivity index (χ3n) is 14.2. The summed E-state index contributed by atoms with van der Waals surface area (Å²) in [4.78, 5) is 7.90. The van der Waals surface area contributed by atoms with Crippen molar-refractivity contribution in [1.29, 1.82) is 0 Å². The SMILES string of the molecule is CCCCOc1cccc(Nc2ccc3c(c2)C(C)(C)C(=CC=C2CCCC(=CCC4=[N+](CCOC)c5ccc(Nc6cccc(OCCCC)c6)cc5C4(C)C)C2=Nc2ccccc2)N3CCOC)c1. The molecule has 0 unspecified atom stereocenters. The molecular weight excluding hydrogens is 879 g/mol. The number of hydrogen-bond donors (Lipinski definition) is 2. The first-order chi connectivity index (χ1) is 34.5. The zero-order valence-corrected chi connectivity index (χ0v) is 43.6. The van der Waals surface area contributed by atoms with Crippen LogP contribution in [0.5, 0.6) is 11.5 Å². The highest BCUT2D eigenvalue weighted by Gasteiger charge is 2.45. The highest BCUT2D eigenvalue weighted by atomic mass is 16.5. The number of aliphatic imine (C=N–C) groups is 1. The van der Waals surface area contributed by atoms with Crippen LogP contribution in [-0.2, 0) is 20.3 Å². The molecule has 9 nitrogen and oxygen atoms in total. The van der Waals surface area contributed by atoms with Gasteiger partial charge < -0.3 is 34.5 Å². The van der Waals surface area contributed by atoms with Gasteiger partial charge in [-0.2, -0.15) is 4.58 Å². The lowest BCUT2D eigenvalue weighted by atomic mass is 9.79. The first-order valence-electron chi connectivity index (χ1n) is 26.0. The van der Waals surface area contributed by atoms with Gasteiger partial charge in [-0.15, -0.1) is 0 Å². The fourth-order valence-electron chi connectivity index (χ4n) is 10.2. The molecule has 5 aromatic rings. The molecule has 1 saturated carbocycles. The number of hydrogen-bond acceptors (Lipinski definition) is 8. The third-order valence-corrected chi connectivity index (χ3v) is 14.2. The van der Waals surface area contributed by atoms with Crippen LogP contribution in [0.4, 0.5) is 39.8 Å². The zero-order chi connectivity index (χ0) is 49.8. The van der Waals surface area contributed by atoms with Gasteiger partial charge in [0.15, 0.2) is 12.3 Å². The van der Waals surface area contributed by atoms with Crippen LogP contribution in [0.15, 0.2) is 155 Å². The highest BCUT2D eigenvalue weighted by Crippen LogP contribution is 2.49. The van der Waals surface area contributed by atoms with Crippen LogP contribution < -0.4 is 25.0 Å². The smallest absolute Gasteiger partial charge is 0.209 e. The first kappa shape index (κ1) is 51.0. The monoisotopic (exact) mass is 955 g/mol. The molecule has 9 heteroatoms. The average Bonchev–Trinajstić information content (AvgIpc) is 3.71. The molecule has 0 atom stereocenters. The fraction of sp³-hybridized carbons (Fsp3) is 0.387. The highest BCUT2D eigenvalue weighted by molar-refractivity contribution is 6.14. The normalized spacial score (nSPS) is 18.1. The van der Waals surface area contributed by atoms with Gasteiger partial charge in [-0.25, -0.2) is 4.99 Å². The summed E-state index contributed by atoms with van der Waals surface area (Å²) in [5.41, 5.74) is 15.8. The summed E-state index contributed by atoms with van der Waals surface area (Å²) < 4.78 is 26.0. The van der Waals surface area contributed by atoms with Crippen LogP contribution in [-0.4, -0.2) is 69.7 Å². The second-order valence-electron chi connectivity index (χ2n) is 20.0. The number of ether oxygens (including phenoxy) is 4. The Bertz CT molecular complexity index is 2780. The predicted molar refractivity (Wildman–Crippen MR) is 296 cm³/mol. The van der Waals surface area contributed by atoms with E-state index >= 15 is 0 Å². The van der Waals surface area contributed by atoms with E-state index < -0.39 is 0 Å². The molecule has 0 aromatic heterocycles. The Morgan fingerprint density at radius 1 is 0.634 bits per heavy atom. The van der Waals surface area contributed by atoms with Crippen molar-refractivity contribution in [2.24, 2.45) is 4.99 Å². The van der Waals surface area contributed by atoms with Gasteiger partial charge in [0, 0.05) is 90.5 Å². The van der Waals surface area contributed by atoms with E-state index in [9.17, 15) is 0 Å². The van der Waals surface area contributed by atoms with Crippen LogP contribution in [0.3, 0.4) is 0 Å². The van der Waals surface area contributed by atoms with Crippen LogP contribution in [0.25, 0.3) is 0 Å². The lowest BCUT2D eigenvalue weighted by molar-refractivity contribution is -0.443. The number of nitrogens with zero attached hydrogens (tertiary/aromatic N) is 3. The molecule has 5 aromatic carbocycles. The average molecular weight is 955 g/mol. The Kier molecular flexibility index (Phi) is 17.0. The Morgan fingerprint density at radius 3 is 1.90 bits per heavy atom. The summed E-state index contributed by atoms with van der Waals surface area (Å²) in [5.74, 6) is 1.77. The largest absolute Gasteiger partial charge is 0.494 e. The molecule has 0 saturated heterocycles. The molecule has 2 N–H and O–H groups in total. The van der Waals surface area contributed by atoms with Gasteiger partial charge in [-0.3, -0.25) is 0 Å². The minimum absolute atomic E-state index is 0.228. The van der Waals surface area contributed by atoms with E-state index in [1.165, 1.54) is 45.1 Å². The van der Waals surface area contributed by atoms with E-state index in [0.29, 0.717) is 13.2 Å². The van der Waals surface area contributed by atoms with Gasteiger partial charge in [-0.05, 0) is 135 Å². The van der Waals surface area contributed by atoms with Crippen LogP contribution >= 0.6 is 0 Å². The summed E-state index contributed by atoms with van der Waals surface area (Å²) in [5, 5.41) is 7.35. The molecule has 372 valence electrons. The van der Waals surface area contributed by atoms with Crippen molar-refractivity contribution >= 4 is 51.2 Å². The standard InChI is InChI=1S/C62H76N5O4/c1-9-11-37-70-52-25-17-23-48(41-52)63-50-29-31-56-54(43-50)61(3,4)58(66(56)35-39-68-7)33-27-45-19-16-20-46(60(45)65-47-21-14-13-15-22-47)28-34-59-62(5,6)55-44-51(30-32-57(55)67(59)36-40-69-8)64-49-24-18-26-53(42-49)71-38-12-10-2/h13-15,17-18,21-33,41-44,63-64H,9-12,16,19-20,34-40H2,1-8H3/q+1. The van der Waals surface area contributed by atoms with Crippen molar-refractivity contribution in [3.8, 4) is 11.5 Å². The number of anilines is 5. The molecule has 71 heavy (non-hydrogen) atoms. The Balaban J connectivity index is 1.09. The lowest BCUT2D eigenvalue weighted by Gasteiger charge is -2.27. The zero-order valence-electron chi connectivity index (χ0n) is 43.6. The van der Waals surface area contributed by atoms with Gasteiger partial charge in [0.1, 0.15) is 18.1 Å². The molecular formula is C62H76N5O4+. The maximum absolute atomic E-state index is 6.03. The van der Waals surface area contributed by atoms with E-state index in [1.54, 1.807) is 14.2 Å². The summed E-state index contributed by atoms with van der Waals surface area (Å²) in [6, 6.07) is 40.5. The quantitative estimate of drug-likeness (QED) is 0.0528. The molecule has 0 amide bonds. The maximum Gasteiger partial charge on any atom is 0.209 e. The summed E-state index contributed by atoms with van der Waals surface area (Å²) in [7, 11) is 3.57. The van der Waals surface area contributed by atoms with E-state index in [0.717, 1.165) is 123 Å². The second-order valence-corrected chi connectivity index (χ2v) is 20.0. The number of fused-ring (bicyclic) bond motifs is 2. The molecule has 1 fully saturated rings. The van der Waals surface area contributed by atoms with Crippen molar-refractivity contribution < 1.29 is 23.5 Å². The minimum atomic E-state index is -0.277.